The molecule has 92 valence electrons. The van der Waals surface area contributed by atoms with E-state index in [4.69, 9.17) is 11.6 Å². The van der Waals surface area contributed by atoms with Crippen LogP contribution in [0.25, 0.3) is 0 Å². The molecule has 0 aliphatic heterocycles. The van der Waals surface area contributed by atoms with Crippen molar-refractivity contribution in [3.8, 4) is 0 Å². The zero-order valence-electron chi connectivity index (χ0n) is 8.82. The minimum Gasteiger partial charge on any atom is -0.305 e. The van der Waals surface area contributed by atoms with Gasteiger partial charge in [-0.1, -0.05) is 11.6 Å². The molecular formula is C11H6ClF2N3O. The summed E-state index contributed by atoms with van der Waals surface area (Å²) in [5.41, 5.74) is -0.420. The molecule has 1 aromatic heterocycles. The Labute approximate surface area is 106 Å². The second kappa shape index (κ2) is 5.05. The summed E-state index contributed by atoms with van der Waals surface area (Å²) in [7, 11) is 0. The molecule has 2 aromatic rings. The SMILES string of the molecule is O=C(Nc1cncc(Cl)n1)c1cc(F)ccc1F. The number of aromatic nitrogens is 2. The molecule has 0 bridgehead atoms. The Morgan fingerprint density at radius 2 is 2.06 bits per heavy atom. The summed E-state index contributed by atoms with van der Waals surface area (Å²) < 4.78 is 26.2. The second-order valence-corrected chi connectivity index (χ2v) is 3.69. The van der Waals surface area contributed by atoms with Gasteiger partial charge in [0.1, 0.15) is 16.8 Å². The normalized spacial score (nSPS) is 10.2. The van der Waals surface area contributed by atoms with Crippen molar-refractivity contribution in [2.24, 2.45) is 0 Å². The summed E-state index contributed by atoms with van der Waals surface area (Å²) in [5, 5.41) is 2.34. The van der Waals surface area contributed by atoms with Crippen LogP contribution in [0.3, 0.4) is 0 Å². The van der Waals surface area contributed by atoms with Crippen LogP contribution < -0.4 is 5.32 Å². The van der Waals surface area contributed by atoms with Gasteiger partial charge in [0.05, 0.1) is 18.0 Å². The first-order valence-corrected chi connectivity index (χ1v) is 5.18. The summed E-state index contributed by atoms with van der Waals surface area (Å²) in [6, 6.07) is 2.59. The van der Waals surface area contributed by atoms with E-state index in [1.807, 2.05) is 0 Å². The molecule has 0 spiro atoms. The Morgan fingerprint density at radius 1 is 1.28 bits per heavy atom. The highest BCUT2D eigenvalue weighted by Gasteiger charge is 2.13. The highest BCUT2D eigenvalue weighted by molar-refractivity contribution is 6.29. The second-order valence-electron chi connectivity index (χ2n) is 3.31. The lowest BCUT2D eigenvalue weighted by molar-refractivity contribution is 0.102. The topological polar surface area (TPSA) is 54.9 Å². The Kier molecular flexibility index (Phi) is 3.47. The van der Waals surface area contributed by atoms with Crippen molar-refractivity contribution in [2.45, 2.75) is 0 Å². The first-order valence-electron chi connectivity index (χ1n) is 4.80. The maximum absolute atomic E-state index is 13.3. The van der Waals surface area contributed by atoms with Crippen molar-refractivity contribution in [1.29, 1.82) is 0 Å². The van der Waals surface area contributed by atoms with Gasteiger partial charge in [-0.2, -0.15) is 0 Å². The van der Waals surface area contributed by atoms with Gasteiger partial charge in [0.15, 0.2) is 5.82 Å². The molecular weight excluding hydrogens is 264 g/mol. The number of halogens is 3. The van der Waals surface area contributed by atoms with Gasteiger partial charge in [0.25, 0.3) is 5.91 Å². The van der Waals surface area contributed by atoms with Crippen LogP contribution in [0.15, 0.2) is 30.6 Å². The number of benzene rings is 1. The molecule has 0 unspecified atom stereocenters. The predicted molar refractivity (Wildman–Crippen MR) is 61.4 cm³/mol. The molecule has 0 radical (unpaired) electrons. The highest BCUT2D eigenvalue weighted by atomic mass is 35.5. The zero-order chi connectivity index (χ0) is 13.1. The summed E-state index contributed by atoms with van der Waals surface area (Å²) >= 11 is 5.57. The third-order valence-corrected chi connectivity index (χ3v) is 2.20. The number of carbonyl (C=O) groups is 1. The van der Waals surface area contributed by atoms with E-state index in [0.717, 1.165) is 18.2 Å². The largest absolute Gasteiger partial charge is 0.305 e. The van der Waals surface area contributed by atoms with Gasteiger partial charge in [-0.25, -0.2) is 13.8 Å². The molecule has 2 rings (SSSR count). The lowest BCUT2D eigenvalue weighted by Gasteiger charge is -2.05. The summed E-state index contributed by atoms with van der Waals surface area (Å²) in [5.74, 6) is -2.32. The van der Waals surface area contributed by atoms with Crippen LogP contribution in [0.1, 0.15) is 10.4 Å². The molecule has 18 heavy (non-hydrogen) atoms. The fourth-order valence-corrected chi connectivity index (χ4v) is 1.40. The first-order chi connectivity index (χ1) is 8.56. The number of hydrogen-bond acceptors (Lipinski definition) is 3. The van der Waals surface area contributed by atoms with E-state index in [0.29, 0.717) is 0 Å². The summed E-state index contributed by atoms with van der Waals surface area (Å²) in [6.07, 6.45) is 2.51. The molecule has 0 saturated heterocycles. The molecule has 0 atom stereocenters. The molecule has 1 N–H and O–H groups in total. The Balaban J connectivity index is 2.24. The minimum absolute atomic E-state index is 0.0520. The number of amides is 1. The molecule has 0 aliphatic rings. The predicted octanol–water partition coefficient (Wildman–Crippen LogP) is 2.66. The fraction of sp³-hybridized carbons (Fsp3) is 0. The van der Waals surface area contributed by atoms with Crippen molar-refractivity contribution in [3.05, 3.63) is 52.9 Å². The third kappa shape index (κ3) is 2.78. The van der Waals surface area contributed by atoms with Crippen molar-refractivity contribution in [2.75, 3.05) is 5.32 Å². The number of carbonyl (C=O) groups excluding carboxylic acids is 1. The van der Waals surface area contributed by atoms with Crippen molar-refractivity contribution in [1.82, 2.24) is 9.97 Å². The quantitative estimate of drug-likeness (QED) is 0.912. The standard InChI is InChI=1S/C11H6ClF2N3O/c12-9-4-15-5-10(16-9)17-11(18)7-3-6(13)1-2-8(7)14/h1-5H,(H,16,17,18). The van der Waals surface area contributed by atoms with Gasteiger partial charge in [-0.3, -0.25) is 9.78 Å². The first kappa shape index (κ1) is 12.4. The summed E-state index contributed by atoms with van der Waals surface area (Å²) in [4.78, 5) is 19.1. The van der Waals surface area contributed by atoms with E-state index >= 15 is 0 Å². The lowest BCUT2D eigenvalue weighted by atomic mass is 10.2. The molecule has 1 aromatic carbocycles. The zero-order valence-corrected chi connectivity index (χ0v) is 9.58. The van der Waals surface area contributed by atoms with Gasteiger partial charge in [-0.15, -0.1) is 0 Å². The Hall–Kier alpha value is -2.08. The molecule has 0 fully saturated rings. The van der Waals surface area contributed by atoms with Crippen molar-refractivity contribution in [3.63, 3.8) is 0 Å². The number of nitrogens with zero attached hydrogens (tertiary/aromatic N) is 2. The number of anilines is 1. The summed E-state index contributed by atoms with van der Waals surface area (Å²) in [6.45, 7) is 0. The molecule has 4 nitrogen and oxygen atoms in total. The average Bonchev–Trinajstić information content (AvgIpc) is 2.32. The molecule has 0 saturated carbocycles. The third-order valence-electron chi connectivity index (χ3n) is 2.02. The molecule has 7 heteroatoms. The highest BCUT2D eigenvalue weighted by Crippen LogP contribution is 2.13. The van der Waals surface area contributed by atoms with Gasteiger partial charge in [-0.05, 0) is 18.2 Å². The maximum Gasteiger partial charge on any atom is 0.259 e. The van der Waals surface area contributed by atoms with E-state index in [-0.39, 0.29) is 11.0 Å². The Morgan fingerprint density at radius 3 is 2.78 bits per heavy atom. The van der Waals surface area contributed by atoms with Crippen LogP contribution in [0, 0.1) is 11.6 Å². The Bertz CT molecular complexity index is 607. The van der Waals surface area contributed by atoms with Gasteiger partial charge < -0.3 is 5.32 Å². The monoisotopic (exact) mass is 269 g/mol. The number of nitrogens with one attached hydrogen (secondary N) is 1. The molecule has 0 aliphatic carbocycles. The lowest BCUT2D eigenvalue weighted by Crippen LogP contribution is -2.15. The fourth-order valence-electron chi connectivity index (χ4n) is 1.26. The van der Waals surface area contributed by atoms with E-state index in [9.17, 15) is 13.6 Å². The number of rotatable bonds is 2. The molecule has 1 amide bonds. The van der Waals surface area contributed by atoms with E-state index < -0.39 is 23.1 Å². The average molecular weight is 270 g/mol. The van der Waals surface area contributed by atoms with Crippen LogP contribution >= 0.6 is 11.6 Å². The van der Waals surface area contributed by atoms with Crippen LogP contribution in [0.2, 0.25) is 5.15 Å². The van der Waals surface area contributed by atoms with Crippen LogP contribution in [-0.2, 0) is 0 Å². The molecule has 1 heterocycles. The van der Waals surface area contributed by atoms with Crippen molar-refractivity contribution >= 4 is 23.3 Å². The van der Waals surface area contributed by atoms with E-state index in [1.54, 1.807) is 0 Å². The maximum atomic E-state index is 13.3. The van der Waals surface area contributed by atoms with Gasteiger partial charge >= 0.3 is 0 Å². The van der Waals surface area contributed by atoms with Crippen LogP contribution in [-0.4, -0.2) is 15.9 Å². The van der Waals surface area contributed by atoms with Crippen LogP contribution in [0.4, 0.5) is 14.6 Å². The van der Waals surface area contributed by atoms with Gasteiger partial charge in [0.2, 0.25) is 0 Å². The van der Waals surface area contributed by atoms with Crippen LogP contribution in [0.5, 0.6) is 0 Å². The van der Waals surface area contributed by atoms with Crippen molar-refractivity contribution < 1.29 is 13.6 Å². The number of hydrogen-bond donors (Lipinski definition) is 1. The van der Waals surface area contributed by atoms with E-state index in [1.165, 1.54) is 12.4 Å². The van der Waals surface area contributed by atoms with Gasteiger partial charge in [0, 0.05) is 0 Å². The van der Waals surface area contributed by atoms with E-state index in [2.05, 4.69) is 15.3 Å². The minimum atomic E-state index is -0.830. The smallest absolute Gasteiger partial charge is 0.259 e.